The standard InChI is InChI=1S/C52H39N3/c1-34-10-3-2-4-11-41-30-39(25-27-45(34)41)36-19-23-38(24-20-36)52-54-49(37-21-17-35(18-22-37)40-26-28-48-44(31-40)14-9-29-53-48)33-50(55-52)51-46-15-7-5-12-42(46)32-43-13-6-8-16-47(43)51/h2-5,7-9,11-12,14-34H,6,10,13H2,1H3. The lowest BCUT2D eigenvalue weighted by molar-refractivity contribution is 0.778. The molecule has 262 valence electrons. The van der Waals surface area contributed by atoms with Crippen LogP contribution in [0.3, 0.4) is 0 Å². The topological polar surface area (TPSA) is 38.7 Å². The first-order chi connectivity index (χ1) is 27.1. The summed E-state index contributed by atoms with van der Waals surface area (Å²) in [5, 5.41) is 3.58. The van der Waals surface area contributed by atoms with Gasteiger partial charge in [0, 0.05) is 28.3 Å². The van der Waals surface area contributed by atoms with Gasteiger partial charge in [-0.2, -0.15) is 0 Å². The largest absolute Gasteiger partial charge is 0.256 e. The predicted molar refractivity (Wildman–Crippen MR) is 231 cm³/mol. The van der Waals surface area contributed by atoms with Crippen LogP contribution in [0, 0.1) is 0 Å². The second-order valence-electron chi connectivity index (χ2n) is 14.8. The lowest BCUT2D eigenvalue weighted by Crippen LogP contribution is -2.01. The summed E-state index contributed by atoms with van der Waals surface area (Å²) in [5.41, 5.74) is 16.1. The highest BCUT2D eigenvalue weighted by molar-refractivity contribution is 6.02. The highest BCUT2D eigenvalue weighted by atomic mass is 14.9. The van der Waals surface area contributed by atoms with Gasteiger partial charge in [-0.25, -0.2) is 9.97 Å². The van der Waals surface area contributed by atoms with E-state index in [1.807, 2.05) is 12.3 Å². The van der Waals surface area contributed by atoms with E-state index in [-0.39, 0.29) is 0 Å². The molecule has 3 nitrogen and oxygen atoms in total. The van der Waals surface area contributed by atoms with Gasteiger partial charge in [0.2, 0.25) is 0 Å². The first-order valence-corrected chi connectivity index (χ1v) is 19.3. The van der Waals surface area contributed by atoms with Gasteiger partial charge in [0.1, 0.15) is 0 Å². The number of fused-ring (bicyclic) bond motifs is 4. The molecule has 0 radical (unpaired) electrons. The summed E-state index contributed by atoms with van der Waals surface area (Å²) in [6.07, 6.45) is 18.3. The molecule has 0 aliphatic heterocycles. The van der Waals surface area contributed by atoms with Crippen LogP contribution in [0.1, 0.15) is 47.9 Å². The number of rotatable bonds is 5. The first-order valence-electron chi connectivity index (χ1n) is 19.3. The first kappa shape index (κ1) is 32.9. The highest BCUT2D eigenvalue weighted by Gasteiger charge is 2.19. The van der Waals surface area contributed by atoms with E-state index in [1.54, 1.807) is 0 Å². The molecule has 2 heterocycles. The molecule has 0 saturated carbocycles. The minimum absolute atomic E-state index is 0.488. The van der Waals surface area contributed by atoms with E-state index in [9.17, 15) is 0 Å². The van der Waals surface area contributed by atoms with Crippen LogP contribution in [-0.4, -0.2) is 15.0 Å². The summed E-state index contributed by atoms with van der Waals surface area (Å²) in [5.74, 6) is 1.20. The van der Waals surface area contributed by atoms with Gasteiger partial charge in [0.25, 0.3) is 0 Å². The molecule has 55 heavy (non-hydrogen) atoms. The van der Waals surface area contributed by atoms with Crippen molar-refractivity contribution in [2.45, 2.75) is 32.1 Å². The molecule has 0 amide bonds. The smallest absolute Gasteiger partial charge is 0.160 e. The van der Waals surface area contributed by atoms with Crippen molar-refractivity contribution in [3.8, 4) is 56.2 Å². The number of aryl methyl sites for hydroxylation is 1. The monoisotopic (exact) mass is 705 g/mol. The summed E-state index contributed by atoms with van der Waals surface area (Å²) in [7, 11) is 0. The number of hydrogen-bond donors (Lipinski definition) is 0. The van der Waals surface area contributed by atoms with Crippen molar-refractivity contribution in [3.63, 3.8) is 0 Å². The molecular formula is C52H39N3. The zero-order valence-corrected chi connectivity index (χ0v) is 30.8. The van der Waals surface area contributed by atoms with E-state index in [4.69, 9.17) is 9.97 Å². The lowest BCUT2D eigenvalue weighted by atomic mass is 9.87. The van der Waals surface area contributed by atoms with Crippen molar-refractivity contribution in [2.75, 3.05) is 0 Å². The zero-order valence-electron chi connectivity index (χ0n) is 30.8. The zero-order chi connectivity index (χ0) is 36.7. The van der Waals surface area contributed by atoms with Crippen molar-refractivity contribution in [3.05, 3.63) is 186 Å². The lowest BCUT2D eigenvalue weighted by Gasteiger charge is -2.19. The molecule has 0 fully saturated rings. The van der Waals surface area contributed by atoms with Gasteiger partial charge in [-0.1, -0.05) is 147 Å². The quantitative estimate of drug-likeness (QED) is 0.179. The Bertz CT molecular complexity index is 2840. The maximum Gasteiger partial charge on any atom is 0.160 e. The molecule has 2 aliphatic carbocycles. The number of pyridine rings is 1. The number of nitrogens with zero attached hydrogens (tertiary/aromatic N) is 3. The van der Waals surface area contributed by atoms with Crippen LogP contribution in [0.25, 0.3) is 90.0 Å². The number of allylic oxidation sites excluding steroid dienone is 4. The molecule has 0 saturated heterocycles. The number of aromatic nitrogens is 3. The van der Waals surface area contributed by atoms with Crippen LogP contribution in [0.15, 0.2) is 164 Å². The van der Waals surface area contributed by atoms with E-state index >= 15 is 0 Å². The molecule has 0 spiro atoms. The Labute approximate surface area is 322 Å². The second-order valence-corrected chi connectivity index (χ2v) is 14.8. The normalized spacial score (nSPS) is 14.7. The van der Waals surface area contributed by atoms with Gasteiger partial charge in [-0.15, -0.1) is 0 Å². The Kier molecular flexibility index (Phi) is 8.33. The minimum atomic E-state index is 0.488. The van der Waals surface area contributed by atoms with Crippen LogP contribution in [0.5, 0.6) is 0 Å². The molecule has 0 bridgehead atoms. The van der Waals surface area contributed by atoms with E-state index in [1.165, 1.54) is 49.7 Å². The van der Waals surface area contributed by atoms with Crippen molar-refractivity contribution < 1.29 is 0 Å². The second kappa shape index (κ2) is 13.9. The Morgan fingerprint density at radius 1 is 0.564 bits per heavy atom. The SMILES string of the molecule is CC1CC=CC=Cc2cc(-c3ccc(-c4nc(-c5ccc(-c6ccc7ncccc7c6)cc5)cc(-c5c6c(cc7ccccc57)CCC=C6)n4)cc3)ccc21. The molecule has 10 rings (SSSR count). The highest BCUT2D eigenvalue weighted by Crippen LogP contribution is 2.39. The number of hydrogen-bond acceptors (Lipinski definition) is 3. The fourth-order valence-electron chi connectivity index (χ4n) is 8.28. The van der Waals surface area contributed by atoms with Gasteiger partial charge in [0.05, 0.1) is 16.9 Å². The third kappa shape index (κ3) is 6.28. The van der Waals surface area contributed by atoms with Crippen LogP contribution in [-0.2, 0) is 6.42 Å². The van der Waals surface area contributed by atoms with Gasteiger partial charge >= 0.3 is 0 Å². The summed E-state index contributed by atoms with van der Waals surface area (Å²) in [6, 6.07) is 48.2. The molecule has 6 aromatic carbocycles. The summed E-state index contributed by atoms with van der Waals surface area (Å²) in [4.78, 5) is 15.1. The van der Waals surface area contributed by atoms with Crippen molar-refractivity contribution in [1.82, 2.24) is 15.0 Å². The fraction of sp³-hybridized carbons (Fsp3) is 0.0962. The Morgan fingerprint density at radius 3 is 2.16 bits per heavy atom. The van der Waals surface area contributed by atoms with Crippen LogP contribution >= 0.6 is 0 Å². The maximum atomic E-state index is 5.37. The summed E-state index contributed by atoms with van der Waals surface area (Å²) in [6.45, 7) is 2.31. The van der Waals surface area contributed by atoms with E-state index in [0.717, 1.165) is 63.8 Å². The third-order valence-electron chi connectivity index (χ3n) is 11.2. The predicted octanol–water partition coefficient (Wildman–Crippen LogP) is 13.5. The molecule has 0 N–H and O–H groups in total. The molecule has 3 heteroatoms. The molecule has 2 aliphatic rings. The third-order valence-corrected chi connectivity index (χ3v) is 11.2. The van der Waals surface area contributed by atoms with E-state index in [2.05, 4.69) is 176 Å². The van der Waals surface area contributed by atoms with Crippen LogP contribution in [0.4, 0.5) is 0 Å². The molecule has 1 atom stereocenters. The molecular weight excluding hydrogens is 667 g/mol. The van der Waals surface area contributed by atoms with Gasteiger partial charge in [-0.05, 0) is 111 Å². The van der Waals surface area contributed by atoms with Gasteiger partial charge in [-0.3, -0.25) is 4.98 Å². The van der Waals surface area contributed by atoms with E-state index < -0.39 is 0 Å². The summed E-state index contributed by atoms with van der Waals surface area (Å²) < 4.78 is 0. The fourth-order valence-corrected chi connectivity index (χ4v) is 8.28. The van der Waals surface area contributed by atoms with Crippen LogP contribution in [0.2, 0.25) is 0 Å². The van der Waals surface area contributed by atoms with Gasteiger partial charge < -0.3 is 0 Å². The Balaban J connectivity index is 1.09. The maximum absolute atomic E-state index is 5.37. The minimum Gasteiger partial charge on any atom is -0.256 e. The average Bonchev–Trinajstić information content (AvgIpc) is 3.24. The average molecular weight is 706 g/mol. The molecule has 1 unspecified atom stereocenters. The number of benzene rings is 6. The Hall–Kier alpha value is -6.71. The van der Waals surface area contributed by atoms with Crippen LogP contribution < -0.4 is 0 Å². The molecule has 8 aromatic rings. The summed E-state index contributed by atoms with van der Waals surface area (Å²) >= 11 is 0. The van der Waals surface area contributed by atoms with E-state index in [0.29, 0.717) is 11.7 Å². The Morgan fingerprint density at radius 2 is 1.29 bits per heavy atom. The van der Waals surface area contributed by atoms with Crippen molar-refractivity contribution in [2.24, 2.45) is 0 Å². The molecule has 2 aromatic heterocycles. The van der Waals surface area contributed by atoms with Crippen molar-refractivity contribution >= 4 is 33.8 Å². The van der Waals surface area contributed by atoms with Gasteiger partial charge in [0.15, 0.2) is 5.82 Å². The van der Waals surface area contributed by atoms with Crippen molar-refractivity contribution in [1.29, 1.82) is 0 Å².